The Morgan fingerprint density at radius 1 is 1.47 bits per heavy atom. The van der Waals surface area contributed by atoms with E-state index in [0.717, 1.165) is 25.1 Å². The van der Waals surface area contributed by atoms with Gasteiger partial charge in [0.1, 0.15) is 5.82 Å². The third-order valence-corrected chi connectivity index (χ3v) is 1.99. The number of nitrogens with zero attached hydrogens (tertiary/aromatic N) is 1. The Morgan fingerprint density at radius 2 is 2.20 bits per heavy atom. The lowest BCUT2D eigenvalue weighted by Gasteiger charge is -2.06. The molecule has 2 N–H and O–H groups in total. The highest BCUT2D eigenvalue weighted by Crippen LogP contribution is 2.12. The van der Waals surface area contributed by atoms with Crippen molar-refractivity contribution in [1.82, 2.24) is 4.98 Å². The Morgan fingerprint density at radius 3 is 2.73 bits per heavy atom. The van der Waals surface area contributed by atoms with E-state index in [1.807, 2.05) is 13.8 Å². The van der Waals surface area contributed by atoms with Crippen LogP contribution in [-0.2, 0) is 6.42 Å². The molecule has 15 heavy (non-hydrogen) atoms. The predicted molar refractivity (Wildman–Crippen MR) is 59.4 cm³/mol. The SMILES string of the molecule is CCCc1cc(C(=O)O)cc(NCC)n1. The zero-order valence-corrected chi connectivity index (χ0v) is 9.08. The second kappa shape index (κ2) is 5.34. The maximum absolute atomic E-state index is 10.9. The molecule has 1 aromatic heterocycles. The van der Waals surface area contributed by atoms with E-state index in [1.165, 1.54) is 0 Å². The molecular formula is C11H16N2O2. The number of carbonyl (C=O) groups is 1. The number of aryl methyl sites for hydroxylation is 1. The topological polar surface area (TPSA) is 62.2 Å². The number of aromatic nitrogens is 1. The molecule has 0 unspecified atom stereocenters. The summed E-state index contributed by atoms with van der Waals surface area (Å²) in [4.78, 5) is 15.2. The summed E-state index contributed by atoms with van der Waals surface area (Å²) in [6, 6.07) is 3.19. The molecule has 0 aliphatic carbocycles. The summed E-state index contributed by atoms with van der Waals surface area (Å²) in [5.41, 5.74) is 1.12. The first-order valence-corrected chi connectivity index (χ1v) is 5.15. The lowest BCUT2D eigenvalue weighted by Crippen LogP contribution is -2.05. The van der Waals surface area contributed by atoms with Gasteiger partial charge in [0.05, 0.1) is 5.56 Å². The van der Waals surface area contributed by atoms with E-state index in [0.29, 0.717) is 11.4 Å². The smallest absolute Gasteiger partial charge is 0.335 e. The van der Waals surface area contributed by atoms with Crippen LogP contribution in [0.15, 0.2) is 12.1 Å². The molecule has 0 atom stereocenters. The van der Waals surface area contributed by atoms with Gasteiger partial charge in [-0.15, -0.1) is 0 Å². The van der Waals surface area contributed by atoms with Crippen LogP contribution in [0.4, 0.5) is 5.82 Å². The number of aromatic carboxylic acids is 1. The number of anilines is 1. The molecule has 1 heterocycles. The summed E-state index contributed by atoms with van der Waals surface area (Å²) in [7, 11) is 0. The van der Waals surface area contributed by atoms with E-state index in [1.54, 1.807) is 12.1 Å². The summed E-state index contributed by atoms with van der Waals surface area (Å²) >= 11 is 0. The van der Waals surface area contributed by atoms with Crippen LogP contribution in [-0.4, -0.2) is 22.6 Å². The van der Waals surface area contributed by atoms with Crippen LogP contribution in [0.5, 0.6) is 0 Å². The van der Waals surface area contributed by atoms with Gasteiger partial charge in [-0.1, -0.05) is 13.3 Å². The average Bonchev–Trinajstić information content (AvgIpc) is 2.18. The summed E-state index contributed by atoms with van der Waals surface area (Å²) in [5, 5.41) is 11.9. The Bertz CT molecular complexity index is 326. The van der Waals surface area contributed by atoms with Crippen molar-refractivity contribution >= 4 is 11.8 Å². The van der Waals surface area contributed by atoms with Crippen molar-refractivity contribution in [2.45, 2.75) is 26.7 Å². The largest absolute Gasteiger partial charge is 0.478 e. The minimum absolute atomic E-state index is 0.296. The molecule has 0 saturated heterocycles. The molecule has 0 bridgehead atoms. The molecular weight excluding hydrogens is 192 g/mol. The first-order valence-electron chi connectivity index (χ1n) is 5.15. The molecule has 1 aromatic rings. The normalized spacial score (nSPS) is 10.0. The van der Waals surface area contributed by atoms with E-state index in [-0.39, 0.29) is 0 Å². The Hall–Kier alpha value is -1.58. The molecule has 0 aliphatic rings. The van der Waals surface area contributed by atoms with Crippen LogP contribution in [0, 0.1) is 0 Å². The fraction of sp³-hybridized carbons (Fsp3) is 0.455. The lowest BCUT2D eigenvalue weighted by atomic mass is 10.1. The van der Waals surface area contributed by atoms with Gasteiger partial charge in [0.15, 0.2) is 0 Å². The third-order valence-electron chi connectivity index (χ3n) is 1.99. The van der Waals surface area contributed by atoms with Crippen molar-refractivity contribution in [3.63, 3.8) is 0 Å². The fourth-order valence-electron chi connectivity index (χ4n) is 1.37. The van der Waals surface area contributed by atoms with E-state index in [9.17, 15) is 4.79 Å². The number of hydrogen-bond acceptors (Lipinski definition) is 3. The van der Waals surface area contributed by atoms with Gasteiger partial charge >= 0.3 is 5.97 Å². The maximum atomic E-state index is 10.9. The summed E-state index contributed by atoms with van der Waals surface area (Å²) < 4.78 is 0. The molecule has 0 saturated carbocycles. The van der Waals surface area contributed by atoms with Gasteiger partial charge in [-0.2, -0.15) is 0 Å². The quantitative estimate of drug-likeness (QED) is 0.778. The second-order valence-electron chi connectivity index (χ2n) is 3.32. The fourth-order valence-corrected chi connectivity index (χ4v) is 1.37. The first-order chi connectivity index (χ1) is 7.17. The number of nitrogens with one attached hydrogen (secondary N) is 1. The molecule has 0 radical (unpaired) electrons. The summed E-state index contributed by atoms with van der Waals surface area (Å²) in [6.45, 7) is 4.73. The van der Waals surface area contributed by atoms with E-state index in [4.69, 9.17) is 5.11 Å². The van der Waals surface area contributed by atoms with Gasteiger partial charge in [-0.3, -0.25) is 0 Å². The summed E-state index contributed by atoms with van der Waals surface area (Å²) in [5.74, 6) is -0.269. The molecule has 0 aromatic carbocycles. The minimum atomic E-state index is -0.908. The van der Waals surface area contributed by atoms with Gasteiger partial charge < -0.3 is 10.4 Å². The van der Waals surface area contributed by atoms with Crippen molar-refractivity contribution in [3.05, 3.63) is 23.4 Å². The summed E-state index contributed by atoms with van der Waals surface area (Å²) in [6.07, 6.45) is 1.77. The van der Waals surface area contributed by atoms with Crippen LogP contribution in [0.25, 0.3) is 0 Å². The van der Waals surface area contributed by atoms with Gasteiger partial charge in [-0.25, -0.2) is 9.78 Å². The van der Waals surface area contributed by atoms with Crippen LogP contribution < -0.4 is 5.32 Å². The second-order valence-corrected chi connectivity index (χ2v) is 3.32. The molecule has 0 fully saturated rings. The highest BCUT2D eigenvalue weighted by molar-refractivity contribution is 5.88. The Balaban J connectivity index is 3.02. The molecule has 0 aliphatic heterocycles. The van der Waals surface area contributed by atoms with Gasteiger partial charge in [-0.05, 0) is 25.5 Å². The maximum Gasteiger partial charge on any atom is 0.335 e. The number of carboxylic acids is 1. The van der Waals surface area contributed by atoms with Crippen LogP contribution in [0.2, 0.25) is 0 Å². The van der Waals surface area contributed by atoms with E-state index in [2.05, 4.69) is 10.3 Å². The number of pyridine rings is 1. The first kappa shape index (κ1) is 11.5. The van der Waals surface area contributed by atoms with Crippen LogP contribution >= 0.6 is 0 Å². The molecule has 1 rings (SSSR count). The number of carboxylic acid groups (broad SMARTS) is 1. The molecule has 82 valence electrons. The number of hydrogen-bond donors (Lipinski definition) is 2. The van der Waals surface area contributed by atoms with Crippen molar-refractivity contribution in [2.75, 3.05) is 11.9 Å². The zero-order chi connectivity index (χ0) is 11.3. The van der Waals surface area contributed by atoms with Gasteiger partial charge in [0.25, 0.3) is 0 Å². The highest BCUT2D eigenvalue weighted by atomic mass is 16.4. The van der Waals surface area contributed by atoms with Crippen molar-refractivity contribution in [1.29, 1.82) is 0 Å². The third kappa shape index (κ3) is 3.23. The predicted octanol–water partition coefficient (Wildman–Crippen LogP) is 2.16. The standard InChI is InChI=1S/C11H16N2O2/c1-3-5-9-6-8(11(14)15)7-10(13-9)12-4-2/h6-7H,3-5H2,1-2H3,(H,12,13)(H,14,15). The monoisotopic (exact) mass is 208 g/mol. The van der Waals surface area contributed by atoms with Crippen LogP contribution in [0.3, 0.4) is 0 Å². The molecule has 4 nitrogen and oxygen atoms in total. The Labute approximate surface area is 89.3 Å². The highest BCUT2D eigenvalue weighted by Gasteiger charge is 2.07. The lowest BCUT2D eigenvalue weighted by molar-refractivity contribution is 0.0696. The molecule has 4 heteroatoms. The Kier molecular flexibility index (Phi) is 4.09. The van der Waals surface area contributed by atoms with Gasteiger partial charge in [0, 0.05) is 12.2 Å². The van der Waals surface area contributed by atoms with Crippen molar-refractivity contribution < 1.29 is 9.90 Å². The minimum Gasteiger partial charge on any atom is -0.478 e. The molecule has 0 amide bonds. The zero-order valence-electron chi connectivity index (χ0n) is 9.08. The van der Waals surface area contributed by atoms with Crippen molar-refractivity contribution in [2.24, 2.45) is 0 Å². The molecule has 0 spiro atoms. The van der Waals surface area contributed by atoms with Crippen molar-refractivity contribution in [3.8, 4) is 0 Å². The van der Waals surface area contributed by atoms with E-state index < -0.39 is 5.97 Å². The average molecular weight is 208 g/mol. The van der Waals surface area contributed by atoms with Gasteiger partial charge in [0.2, 0.25) is 0 Å². The number of rotatable bonds is 5. The van der Waals surface area contributed by atoms with E-state index >= 15 is 0 Å². The van der Waals surface area contributed by atoms with Crippen LogP contribution in [0.1, 0.15) is 36.3 Å².